The van der Waals surface area contributed by atoms with Crippen LogP contribution in [0.5, 0.6) is 0 Å². The van der Waals surface area contributed by atoms with E-state index in [0.717, 1.165) is 36.6 Å². The van der Waals surface area contributed by atoms with Gasteiger partial charge in [-0.1, -0.05) is 42.5 Å². The van der Waals surface area contributed by atoms with Crippen molar-refractivity contribution in [3.63, 3.8) is 0 Å². The van der Waals surface area contributed by atoms with Crippen molar-refractivity contribution in [2.45, 2.75) is 25.1 Å². The van der Waals surface area contributed by atoms with Crippen molar-refractivity contribution < 1.29 is 13.2 Å². The van der Waals surface area contributed by atoms with Crippen LogP contribution in [0.15, 0.2) is 53.5 Å². The van der Waals surface area contributed by atoms with Crippen molar-refractivity contribution in [2.75, 3.05) is 20.6 Å². The van der Waals surface area contributed by atoms with Crippen molar-refractivity contribution in [1.29, 1.82) is 0 Å². The summed E-state index contributed by atoms with van der Waals surface area (Å²) in [6, 6.07) is 13.3. The van der Waals surface area contributed by atoms with Crippen LogP contribution in [0.1, 0.15) is 28.7 Å². The van der Waals surface area contributed by atoms with Crippen molar-refractivity contribution in [3.8, 4) is 0 Å². The molecule has 0 aliphatic carbocycles. The highest BCUT2D eigenvalue weighted by atomic mass is 19.4. The third kappa shape index (κ3) is 3.93. The van der Waals surface area contributed by atoms with Gasteiger partial charge in [0.15, 0.2) is 0 Å². The highest BCUT2D eigenvalue weighted by Gasteiger charge is 2.35. The Bertz CT molecular complexity index is 779. The van der Waals surface area contributed by atoms with Gasteiger partial charge >= 0.3 is 6.18 Å². The van der Waals surface area contributed by atoms with Crippen LogP contribution < -0.4 is 0 Å². The number of hydrogen-bond acceptors (Lipinski definition) is 2. The summed E-state index contributed by atoms with van der Waals surface area (Å²) in [7, 11) is 3.97. The lowest BCUT2D eigenvalue weighted by Crippen LogP contribution is -2.27. The monoisotopic (exact) mass is 346 g/mol. The number of nitrogens with zero attached hydrogens (tertiary/aromatic N) is 2. The molecule has 0 radical (unpaired) electrons. The molecule has 1 heterocycles. The first-order chi connectivity index (χ1) is 11.9. The second kappa shape index (κ2) is 7.00. The summed E-state index contributed by atoms with van der Waals surface area (Å²) >= 11 is 0. The van der Waals surface area contributed by atoms with Crippen LogP contribution in [0.25, 0.3) is 0 Å². The van der Waals surface area contributed by atoms with Crippen LogP contribution >= 0.6 is 0 Å². The van der Waals surface area contributed by atoms with Crippen LogP contribution in [-0.4, -0.2) is 37.3 Å². The largest absolute Gasteiger partial charge is 0.417 e. The maximum atomic E-state index is 13.5. The normalized spacial score (nSPS) is 17.4. The molecule has 0 spiro atoms. The molecule has 2 aromatic carbocycles. The molecule has 0 fully saturated rings. The zero-order valence-electron chi connectivity index (χ0n) is 14.3. The summed E-state index contributed by atoms with van der Waals surface area (Å²) in [6.45, 7) is 0.852. The predicted octanol–water partition coefficient (Wildman–Crippen LogP) is 4.42. The number of hydrogen-bond donors (Lipinski definition) is 0. The van der Waals surface area contributed by atoms with Crippen LogP contribution in [0.2, 0.25) is 0 Å². The molecule has 3 rings (SSSR count). The third-order valence-electron chi connectivity index (χ3n) is 4.44. The quantitative estimate of drug-likeness (QED) is 0.800. The Hall–Kier alpha value is -2.14. The van der Waals surface area contributed by atoms with E-state index in [-0.39, 0.29) is 11.6 Å². The molecule has 1 atom stereocenters. The van der Waals surface area contributed by atoms with Gasteiger partial charge in [-0.05, 0) is 45.1 Å². The number of fused-ring (bicyclic) bond motifs is 1. The van der Waals surface area contributed by atoms with Crippen molar-refractivity contribution >= 4 is 5.71 Å². The molecule has 0 bridgehead atoms. The van der Waals surface area contributed by atoms with E-state index < -0.39 is 11.7 Å². The lowest BCUT2D eigenvalue weighted by atomic mass is 9.87. The molecule has 132 valence electrons. The Morgan fingerprint density at radius 1 is 1.00 bits per heavy atom. The molecule has 0 N–H and O–H groups in total. The zero-order valence-corrected chi connectivity index (χ0v) is 14.3. The minimum absolute atomic E-state index is 0.00594. The second-order valence-corrected chi connectivity index (χ2v) is 6.63. The highest BCUT2D eigenvalue weighted by Crippen LogP contribution is 2.35. The van der Waals surface area contributed by atoms with Crippen molar-refractivity contribution in [2.24, 2.45) is 4.99 Å². The first-order valence-corrected chi connectivity index (χ1v) is 8.33. The number of rotatable bonds is 4. The predicted molar refractivity (Wildman–Crippen MR) is 94.2 cm³/mol. The second-order valence-electron chi connectivity index (χ2n) is 6.63. The molecular formula is C20H21F3N2. The number of alkyl halides is 3. The number of halogens is 3. The van der Waals surface area contributed by atoms with Crippen LogP contribution in [0.3, 0.4) is 0 Å². The molecule has 5 heteroatoms. The Kier molecular flexibility index (Phi) is 4.95. The summed E-state index contributed by atoms with van der Waals surface area (Å²) in [6.07, 6.45) is -2.81. The highest BCUT2D eigenvalue weighted by molar-refractivity contribution is 6.15. The molecule has 0 saturated carbocycles. The Morgan fingerprint density at radius 3 is 2.32 bits per heavy atom. The Morgan fingerprint density at radius 2 is 1.64 bits per heavy atom. The topological polar surface area (TPSA) is 15.6 Å². The third-order valence-corrected chi connectivity index (χ3v) is 4.44. The maximum Gasteiger partial charge on any atom is 0.417 e. The van der Waals surface area contributed by atoms with E-state index in [1.54, 1.807) is 6.07 Å². The first kappa shape index (κ1) is 17.7. The smallest absolute Gasteiger partial charge is 0.309 e. The van der Waals surface area contributed by atoms with E-state index in [4.69, 9.17) is 4.99 Å². The fourth-order valence-corrected chi connectivity index (χ4v) is 3.21. The van der Waals surface area contributed by atoms with E-state index in [0.29, 0.717) is 5.71 Å². The fourth-order valence-electron chi connectivity index (χ4n) is 3.21. The molecule has 1 aliphatic heterocycles. The van der Waals surface area contributed by atoms with E-state index in [2.05, 4.69) is 4.90 Å². The fraction of sp³-hybridized carbons (Fsp3) is 0.350. The molecule has 1 unspecified atom stereocenters. The Labute approximate surface area is 146 Å². The lowest BCUT2D eigenvalue weighted by Gasteiger charge is -2.26. The van der Waals surface area contributed by atoms with Crippen LogP contribution in [-0.2, 0) is 12.6 Å². The van der Waals surface area contributed by atoms with Gasteiger partial charge in [-0.3, -0.25) is 4.99 Å². The van der Waals surface area contributed by atoms with Crippen molar-refractivity contribution in [3.05, 3.63) is 70.8 Å². The number of benzene rings is 2. The molecule has 0 saturated heterocycles. The van der Waals surface area contributed by atoms with Gasteiger partial charge in [-0.15, -0.1) is 0 Å². The molecule has 0 aromatic heterocycles. The van der Waals surface area contributed by atoms with Gasteiger partial charge < -0.3 is 4.90 Å². The summed E-state index contributed by atoms with van der Waals surface area (Å²) in [5, 5.41) is 0. The standard InChI is InChI=1S/C20H21F3N2/c1-25(2)12-11-15-13-14-7-3-4-8-16(14)19(24-15)17-9-5-6-10-18(17)20(21,22)23/h3-10,15H,11-13H2,1-2H3. The molecular weight excluding hydrogens is 325 g/mol. The minimum atomic E-state index is -4.40. The average Bonchev–Trinajstić information content (AvgIpc) is 2.58. The van der Waals surface area contributed by atoms with Gasteiger partial charge in [0.25, 0.3) is 0 Å². The lowest BCUT2D eigenvalue weighted by molar-refractivity contribution is -0.137. The summed E-state index contributed by atoms with van der Waals surface area (Å²) in [5.41, 5.74) is 1.86. The maximum absolute atomic E-state index is 13.5. The van der Waals surface area contributed by atoms with Crippen LogP contribution in [0.4, 0.5) is 13.2 Å². The van der Waals surface area contributed by atoms with E-state index in [9.17, 15) is 13.2 Å². The van der Waals surface area contributed by atoms with Gasteiger partial charge in [0.05, 0.1) is 17.3 Å². The van der Waals surface area contributed by atoms with E-state index >= 15 is 0 Å². The van der Waals surface area contributed by atoms with Crippen LogP contribution in [0, 0.1) is 0 Å². The molecule has 2 aromatic rings. The van der Waals surface area contributed by atoms with E-state index in [1.807, 2.05) is 38.4 Å². The van der Waals surface area contributed by atoms with E-state index in [1.165, 1.54) is 12.1 Å². The SMILES string of the molecule is CN(C)CCC1Cc2ccccc2C(c2ccccc2C(F)(F)F)=N1. The minimum Gasteiger partial charge on any atom is -0.309 e. The summed E-state index contributed by atoms with van der Waals surface area (Å²) in [5.74, 6) is 0. The molecule has 25 heavy (non-hydrogen) atoms. The average molecular weight is 346 g/mol. The van der Waals surface area contributed by atoms with Gasteiger partial charge in [-0.2, -0.15) is 13.2 Å². The number of aliphatic imine (C=N–C) groups is 1. The first-order valence-electron chi connectivity index (χ1n) is 8.33. The van der Waals surface area contributed by atoms with Gasteiger partial charge in [-0.25, -0.2) is 0 Å². The van der Waals surface area contributed by atoms with Crippen molar-refractivity contribution in [1.82, 2.24) is 4.90 Å². The molecule has 1 aliphatic rings. The van der Waals surface area contributed by atoms with Gasteiger partial charge in [0.1, 0.15) is 0 Å². The van der Waals surface area contributed by atoms with Gasteiger partial charge in [0.2, 0.25) is 0 Å². The van der Waals surface area contributed by atoms with Gasteiger partial charge in [0, 0.05) is 11.1 Å². The summed E-state index contributed by atoms with van der Waals surface area (Å²) < 4.78 is 40.4. The molecule has 0 amide bonds. The Balaban J connectivity index is 2.08. The summed E-state index contributed by atoms with van der Waals surface area (Å²) in [4.78, 5) is 6.80. The zero-order chi connectivity index (χ0) is 18.0. The molecule has 2 nitrogen and oxygen atoms in total.